The van der Waals surface area contributed by atoms with Crippen LogP contribution in [0.1, 0.15) is 16.0 Å². The number of nitriles is 1. The standard InChI is InChI=1S/C14H12BrClN2S/c1-18(9-12-3-5-14(16)19-12)13-4-2-10(7-15)6-11(13)8-17/h2-6H,7,9H2,1H3. The van der Waals surface area contributed by atoms with E-state index in [-0.39, 0.29) is 0 Å². The molecule has 1 aromatic carbocycles. The van der Waals surface area contributed by atoms with Gasteiger partial charge in [0.15, 0.2) is 0 Å². The molecule has 2 nitrogen and oxygen atoms in total. The van der Waals surface area contributed by atoms with Gasteiger partial charge in [0.2, 0.25) is 0 Å². The molecule has 2 aromatic rings. The highest BCUT2D eigenvalue weighted by molar-refractivity contribution is 9.08. The Morgan fingerprint density at radius 2 is 2.16 bits per heavy atom. The van der Waals surface area contributed by atoms with Crippen molar-refractivity contribution in [1.29, 1.82) is 5.26 Å². The molecule has 1 aromatic heterocycles. The molecular formula is C14H12BrClN2S. The minimum Gasteiger partial charge on any atom is -0.368 e. The van der Waals surface area contributed by atoms with Gasteiger partial charge in [0.05, 0.1) is 22.1 Å². The largest absolute Gasteiger partial charge is 0.368 e. The number of alkyl halides is 1. The zero-order chi connectivity index (χ0) is 13.8. The Morgan fingerprint density at radius 3 is 2.74 bits per heavy atom. The lowest BCUT2D eigenvalue weighted by Gasteiger charge is -2.20. The highest BCUT2D eigenvalue weighted by Gasteiger charge is 2.10. The van der Waals surface area contributed by atoms with E-state index >= 15 is 0 Å². The van der Waals surface area contributed by atoms with Crippen LogP contribution in [-0.4, -0.2) is 7.05 Å². The normalized spacial score (nSPS) is 10.2. The molecule has 19 heavy (non-hydrogen) atoms. The zero-order valence-corrected chi connectivity index (χ0v) is 13.5. The van der Waals surface area contributed by atoms with Crippen LogP contribution >= 0.6 is 38.9 Å². The Kier molecular flexibility index (Phi) is 4.87. The minimum atomic E-state index is 0.696. The summed E-state index contributed by atoms with van der Waals surface area (Å²) in [5, 5.41) is 10.0. The van der Waals surface area contributed by atoms with E-state index in [1.165, 1.54) is 4.88 Å². The van der Waals surface area contributed by atoms with Crippen molar-refractivity contribution >= 4 is 44.6 Å². The van der Waals surface area contributed by atoms with Gasteiger partial charge in [0.25, 0.3) is 0 Å². The lowest BCUT2D eigenvalue weighted by molar-refractivity contribution is 0.937. The fourth-order valence-corrected chi connectivity index (χ4v) is 3.33. The first kappa shape index (κ1) is 14.4. The third-order valence-corrected chi connectivity index (χ3v) is 4.63. The molecule has 0 saturated carbocycles. The molecule has 2 rings (SSSR count). The molecule has 0 spiro atoms. The summed E-state index contributed by atoms with van der Waals surface area (Å²) in [6.07, 6.45) is 0. The van der Waals surface area contributed by atoms with Crippen molar-refractivity contribution in [2.24, 2.45) is 0 Å². The smallest absolute Gasteiger partial charge is 0.101 e. The highest BCUT2D eigenvalue weighted by Crippen LogP contribution is 2.26. The third kappa shape index (κ3) is 3.50. The SMILES string of the molecule is CN(Cc1ccc(Cl)s1)c1ccc(CBr)cc1C#N. The minimum absolute atomic E-state index is 0.696. The van der Waals surface area contributed by atoms with E-state index in [0.29, 0.717) is 5.56 Å². The molecule has 1 heterocycles. The number of halogens is 2. The Bertz CT molecular complexity index is 618. The third-order valence-electron chi connectivity index (χ3n) is 2.77. The van der Waals surface area contributed by atoms with Crippen LogP contribution in [0.25, 0.3) is 0 Å². The summed E-state index contributed by atoms with van der Waals surface area (Å²) in [7, 11) is 1.98. The molecule has 98 valence electrons. The van der Waals surface area contributed by atoms with Crippen LogP contribution in [0.4, 0.5) is 5.69 Å². The first-order valence-electron chi connectivity index (χ1n) is 5.68. The first-order valence-corrected chi connectivity index (χ1v) is 8.00. The lowest BCUT2D eigenvalue weighted by Crippen LogP contribution is -2.16. The van der Waals surface area contributed by atoms with E-state index in [1.54, 1.807) is 11.3 Å². The second kappa shape index (κ2) is 6.42. The summed E-state index contributed by atoms with van der Waals surface area (Å²) < 4.78 is 0.790. The van der Waals surface area contributed by atoms with Gasteiger partial charge in [-0.05, 0) is 29.8 Å². The number of nitrogens with zero attached hydrogens (tertiary/aromatic N) is 2. The second-order valence-corrected chi connectivity index (χ2v) is 6.52. The lowest BCUT2D eigenvalue weighted by atomic mass is 10.1. The average Bonchev–Trinajstić information content (AvgIpc) is 2.83. The fraction of sp³-hybridized carbons (Fsp3) is 0.214. The fourth-order valence-electron chi connectivity index (χ4n) is 1.84. The maximum atomic E-state index is 9.25. The second-order valence-electron chi connectivity index (χ2n) is 4.16. The average molecular weight is 356 g/mol. The van der Waals surface area contributed by atoms with Crippen LogP contribution < -0.4 is 4.90 Å². The van der Waals surface area contributed by atoms with E-state index in [9.17, 15) is 5.26 Å². The van der Waals surface area contributed by atoms with Crippen molar-refractivity contribution < 1.29 is 0 Å². The molecule has 0 aliphatic rings. The van der Waals surface area contributed by atoms with Crippen LogP contribution in [-0.2, 0) is 11.9 Å². The number of hydrogen-bond donors (Lipinski definition) is 0. The molecule has 5 heteroatoms. The maximum absolute atomic E-state index is 9.25. The van der Waals surface area contributed by atoms with Crippen LogP contribution in [0.2, 0.25) is 4.34 Å². The van der Waals surface area contributed by atoms with Gasteiger partial charge in [-0.2, -0.15) is 5.26 Å². The van der Waals surface area contributed by atoms with Crippen molar-refractivity contribution in [3.63, 3.8) is 0 Å². The van der Waals surface area contributed by atoms with Gasteiger partial charge < -0.3 is 4.90 Å². The quantitative estimate of drug-likeness (QED) is 0.736. The van der Waals surface area contributed by atoms with Crippen molar-refractivity contribution in [1.82, 2.24) is 0 Å². The molecule has 0 unspecified atom stereocenters. The molecule has 0 amide bonds. The molecule has 0 radical (unpaired) electrons. The maximum Gasteiger partial charge on any atom is 0.101 e. The predicted molar refractivity (Wildman–Crippen MR) is 85.2 cm³/mol. The summed E-state index contributed by atoms with van der Waals surface area (Å²) in [5.74, 6) is 0. The van der Waals surface area contributed by atoms with Gasteiger partial charge in [-0.1, -0.05) is 33.6 Å². The number of hydrogen-bond acceptors (Lipinski definition) is 3. The molecule has 0 atom stereocenters. The van der Waals surface area contributed by atoms with Crippen molar-refractivity contribution in [3.8, 4) is 6.07 Å². The monoisotopic (exact) mass is 354 g/mol. The molecule has 0 saturated heterocycles. The van der Waals surface area contributed by atoms with Crippen LogP contribution in [0, 0.1) is 11.3 Å². The highest BCUT2D eigenvalue weighted by atomic mass is 79.9. The van der Waals surface area contributed by atoms with Gasteiger partial charge in [-0.15, -0.1) is 11.3 Å². The van der Waals surface area contributed by atoms with Crippen molar-refractivity contribution in [2.75, 3.05) is 11.9 Å². The van der Waals surface area contributed by atoms with Crippen LogP contribution in [0.5, 0.6) is 0 Å². The van der Waals surface area contributed by atoms with Crippen LogP contribution in [0.15, 0.2) is 30.3 Å². The first-order chi connectivity index (χ1) is 9.13. The molecule has 0 aliphatic carbocycles. The number of rotatable bonds is 4. The van der Waals surface area contributed by atoms with Gasteiger partial charge in [-0.3, -0.25) is 0 Å². The summed E-state index contributed by atoms with van der Waals surface area (Å²) >= 11 is 10.9. The van der Waals surface area contributed by atoms with Gasteiger partial charge in [-0.25, -0.2) is 0 Å². The van der Waals surface area contributed by atoms with Gasteiger partial charge in [0, 0.05) is 17.3 Å². The van der Waals surface area contributed by atoms with E-state index in [1.807, 2.05) is 37.4 Å². The molecule has 0 N–H and O–H groups in total. The Balaban J connectivity index is 2.23. The van der Waals surface area contributed by atoms with E-state index in [4.69, 9.17) is 11.6 Å². The predicted octanol–water partition coefficient (Wildman–Crippen LogP) is 4.80. The number of anilines is 1. The summed E-state index contributed by atoms with van der Waals surface area (Å²) in [6.45, 7) is 0.750. The molecule has 0 aliphatic heterocycles. The Hall–Kier alpha value is -1.02. The Labute approximate surface area is 130 Å². The molecular weight excluding hydrogens is 344 g/mol. The topological polar surface area (TPSA) is 27.0 Å². The summed E-state index contributed by atoms with van der Waals surface area (Å²) in [6, 6.07) is 12.1. The number of thiophene rings is 1. The van der Waals surface area contributed by atoms with Crippen LogP contribution in [0.3, 0.4) is 0 Å². The van der Waals surface area contributed by atoms with Gasteiger partial charge in [0.1, 0.15) is 6.07 Å². The van der Waals surface area contributed by atoms with E-state index in [0.717, 1.165) is 27.5 Å². The number of benzene rings is 1. The van der Waals surface area contributed by atoms with E-state index < -0.39 is 0 Å². The summed E-state index contributed by atoms with van der Waals surface area (Å²) in [5.41, 5.74) is 2.74. The molecule has 0 fully saturated rings. The van der Waals surface area contributed by atoms with Gasteiger partial charge >= 0.3 is 0 Å². The Morgan fingerprint density at radius 1 is 1.37 bits per heavy atom. The summed E-state index contributed by atoms with van der Waals surface area (Å²) in [4.78, 5) is 3.25. The van der Waals surface area contributed by atoms with E-state index in [2.05, 4.69) is 26.9 Å². The molecule has 0 bridgehead atoms. The van der Waals surface area contributed by atoms with Crippen molar-refractivity contribution in [2.45, 2.75) is 11.9 Å². The zero-order valence-electron chi connectivity index (χ0n) is 10.4. The van der Waals surface area contributed by atoms with Crippen molar-refractivity contribution in [3.05, 3.63) is 50.7 Å².